The van der Waals surface area contributed by atoms with Gasteiger partial charge in [-0.15, -0.1) is 10.2 Å². The van der Waals surface area contributed by atoms with Gasteiger partial charge in [0.05, 0.1) is 22.3 Å². The van der Waals surface area contributed by atoms with Crippen LogP contribution in [0.15, 0.2) is 26.9 Å². The first kappa shape index (κ1) is 24.8. The van der Waals surface area contributed by atoms with Crippen molar-refractivity contribution in [2.24, 2.45) is 0 Å². The Morgan fingerprint density at radius 1 is 1.27 bits per heavy atom. The van der Waals surface area contributed by atoms with Gasteiger partial charge in [0, 0.05) is 11.6 Å². The Labute approximate surface area is 188 Å². The van der Waals surface area contributed by atoms with Crippen LogP contribution in [0.25, 0.3) is 0 Å². The Morgan fingerprint density at radius 2 is 1.97 bits per heavy atom. The average molecular weight is 499 g/mol. The van der Waals surface area contributed by atoms with Gasteiger partial charge in [-0.25, -0.2) is 0 Å². The molecule has 0 aliphatic heterocycles. The third kappa shape index (κ3) is 7.64. The third-order valence-corrected chi connectivity index (χ3v) is 6.95. The van der Waals surface area contributed by atoms with Crippen LogP contribution in [-0.2, 0) is 15.8 Å². The van der Waals surface area contributed by atoms with Crippen LogP contribution in [0.3, 0.4) is 0 Å². The zero-order valence-corrected chi connectivity index (χ0v) is 19.1. The maximum absolute atomic E-state index is 13.2. The minimum absolute atomic E-state index is 0.0787. The third-order valence-electron chi connectivity index (χ3n) is 3.48. The van der Waals surface area contributed by atoms with Crippen molar-refractivity contribution in [1.29, 1.82) is 0 Å². The molecule has 0 saturated carbocycles. The molecule has 1 atom stereocenters. The summed E-state index contributed by atoms with van der Waals surface area (Å²) in [5, 5.41) is 12.2. The molecule has 0 bridgehead atoms. The molecule has 2 N–H and O–H groups in total. The molecule has 0 fully saturated rings. The van der Waals surface area contributed by atoms with Gasteiger partial charge in [0.25, 0.3) is 0 Å². The number of halogens is 4. The Hall–Kier alpha value is -1.50. The lowest BCUT2D eigenvalue weighted by atomic mass is 10.1. The van der Waals surface area contributed by atoms with Gasteiger partial charge < -0.3 is 10.6 Å². The first-order chi connectivity index (χ1) is 14.1. The summed E-state index contributed by atoms with van der Waals surface area (Å²) in [6.45, 7) is 4.11. The standard InChI is InChI=1S/C17H18ClF3N4O2S3/c1-3-6-22-13(26)8-28-15-24-25-16(30-15)29-9(2)14(27)23-12-5-4-10(18)7-11(12)17(19,20)21/h4-5,7,9H,3,6,8H2,1-2H3,(H,22,26)(H,23,27). The lowest BCUT2D eigenvalue weighted by Gasteiger charge is -2.16. The number of amides is 2. The molecule has 6 nitrogen and oxygen atoms in total. The highest BCUT2D eigenvalue weighted by atomic mass is 35.5. The number of rotatable bonds is 9. The fourth-order valence-electron chi connectivity index (χ4n) is 2.04. The van der Waals surface area contributed by atoms with E-state index < -0.39 is 22.9 Å². The van der Waals surface area contributed by atoms with E-state index in [4.69, 9.17) is 11.6 Å². The summed E-state index contributed by atoms with van der Waals surface area (Å²) in [5.74, 6) is -0.523. The summed E-state index contributed by atoms with van der Waals surface area (Å²) >= 11 is 9.14. The predicted octanol–water partition coefficient (Wildman–Crippen LogP) is 4.95. The second-order valence-electron chi connectivity index (χ2n) is 5.91. The van der Waals surface area contributed by atoms with Crippen molar-refractivity contribution >= 4 is 64.0 Å². The average Bonchev–Trinajstić information content (AvgIpc) is 3.12. The van der Waals surface area contributed by atoms with Crippen LogP contribution in [-0.4, -0.2) is 39.6 Å². The van der Waals surface area contributed by atoms with Gasteiger partial charge in [-0.05, 0) is 31.5 Å². The number of carbonyl (C=O) groups excluding carboxylic acids is 2. The minimum atomic E-state index is -4.65. The fraction of sp³-hybridized carbons (Fsp3) is 0.412. The van der Waals surface area contributed by atoms with Gasteiger partial charge in [-0.2, -0.15) is 13.2 Å². The maximum atomic E-state index is 13.2. The second-order valence-corrected chi connectivity index (χ2v) is 10.1. The molecular formula is C17H18ClF3N4O2S3. The van der Waals surface area contributed by atoms with Crippen LogP contribution in [0.2, 0.25) is 5.02 Å². The van der Waals surface area contributed by atoms with E-state index in [1.165, 1.54) is 29.2 Å². The minimum Gasteiger partial charge on any atom is -0.355 e. The number of carbonyl (C=O) groups is 2. The smallest absolute Gasteiger partial charge is 0.355 e. The number of hydrogen-bond donors (Lipinski definition) is 2. The number of thioether (sulfide) groups is 2. The molecule has 1 aromatic carbocycles. The van der Waals surface area contributed by atoms with Gasteiger partial charge in [0.1, 0.15) is 0 Å². The first-order valence-electron chi connectivity index (χ1n) is 8.67. The van der Waals surface area contributed by atoms with E-state index in [1.54, 1.807) is 6.92 Å². The van der Waals surface area contributed by atoms with E-state index in [1.807, 2.05) is 6.92 Å². The zero-order chi connectivity index (χ0) is 22.3. The molecule has 2 amide bonds. The number of alkyl halides is 3. The number of aromatic nitrogens is 2. The Balaban J connectivity index is 1.94. The van der Waals surface area contributed by atoms with Gasteiger partial charge >= 0.3 is 6.18 Å². The number of nitrogens with zero attached hydrogens (tertiary/aromatic N) is 2. The number of benzene rings is 1. The van der Waals surface area contributed by atoms with Gasteiger partial charge in [0.2, 0.25) is 11.8 Å². The molecule has 13 heteroatoms. The van der Waals surface area contributed by atoms with E-state index in [9.17, 15) is 22.8 Å². The number of nitrogens with one attached hydrogen (secondary N) is 2. The van der Waals surface area contributed by atoms with Crippen LogP contribution in [0.5, 0.6) is 0 Å². The van der Waals surface area contributed by atoms with E-state index in [0.29, 0.717) is 15.2 Å². The van der Waals surface area contributed by atoms with Crippen LogP contribution in [0.4, 0.5) is 18.9 Å². The summed E-state index contributed by atoms with van der Waals surface area (Å²) in [5.41, 5.74) is -1.38. The molecule has 30 heavy (non-hydrogen) atoms. The predicted molar refractivity (Wildman–Crippen MR) is 114 cm³/mol. The van der Waals surface area contributed by atoms with Crippen molar-refractivity contribution in [3.63, 3.8) is 0 Å². The lowest BCUT2D eigenvalue weighted by Crippen LogP contribution is -2.25. The first-order valence-corrected chi connectivity index (χ1v) is 11.7. The second kappa shape index (κ2) is 11.2. The Bertz CT molecular complexity index is 895. The molecule has 1 unspecified atom stereocenters. The van der Waals surface area contributed by atoms with Crippen molar-refractivity contribution in [2.45, 2.75) is 40.4 Å². The molecule has 164 valence electrons. The summed E-state index contributed by atoms with van der Waals surface area (Å²) in [7, 11) is 0. The van der Waals surface area contributed by atoms with Crippen molar-refractivity contribution in [2.75, 3.05) is 17.6 Å². The summed E-state index contributed by atoms with van der Waals surface area (Å²) in [6, 6.07) is 3.15. The highest BCUT2D eigenvalue weighted by Gasteiger charge is 2.34. The SMILES string of the molecule is CCCNC(=O)CSc1nnc(SC(C)C(=O)Nc2ccc(Cl)cc2C(F)(F)F)s1. The molecule has 0 aliphatic carbocycles. The highest BCUT2D eigenvalue weighted by molar-refractivity contribution is 8.04. The summed E-state index contributed by atoms with van der Waals surface area (Å²) < 4.78 is 40.5. The largest absolute Gasteiger partial charge is 0.418 e. The molecule has 1 aromatic heterocycles. The molecule has 2 rings (SSSR count). The van der Waals surface area contributed by atoms with Crippen molar-refractivity contribution in [3.05, 3.63) is 28.8 Å². The monoisotopic (exact) mass is 498 g/mol. The van der Waals surface area contributed by atoms with E-state index in [2.05, 4.69) is 20.8 Å². The van der Waals surface area contributed by atoms with Crippen molar-refractivity contribution in [1.82, 2.24) is 15.5 Å². The van der Waals surface area contributed by atoms with Crippen molar-refractivity contribution in [3.8, 4) is 0 Å². The van der Waals surface area contributed by atoms with E-state index in [-0.39, 0.29) is 22.4 Å². The molecule has 1 heterocycles. The fourth-order valence-corrected chi connectivity index (χ4v) is 5.21. The zero-order valence-electron chi connectivity index (χ0n) is 15.9. The molecule has 0 aliphatic rings. The van der Waals surface area contributed by atoms with Crippen LogP contribution in [0, 0.1) is 0 Å². The molecular weight excluding hydrogens is 481 g/mol. The lowest BCUT2D eigenvalue weighted by molar-refractivity contribution is -0.137. The Morgan fingerprint density at radius 3 is 2.63 bits per heavy atom. The van der Waals surface area contributed by atoms with Gasteiger partial charge in [-0.1, -0.05) is 53.4 Å². The quantitative estimate of drug-likeness (QED) is 0.476. The van der Waals surface area contributed by atoms with E-state index >= 15 is 0 Å². The number of hydrogen-bond acceptors (Lipinski definition) is 7. The topological polar surface area (TPSA) is 84.0 Å². The molecule has 0 radical (unpaired) electrons. The molecule has 0 saturated heterocycles. The highest BCUT2D eigenvalue weighted by Crippen LogP contribution is 2.37. The number of anilines is 1. The molecule has 2 aromatic rings. The van der Waals surface area contributed by atoms with Crippen LogP contribution in [0.1, 0.15) is 25.8 Å². The Kier molecular flexibility index (Phi) is 9.26. The maximum Gasteiger partial charge on any atom is 0.418 e. The normalized spacial score (nSPS) is 12.5. The van der Waals surface area contributed by atoms with E-state index in [0.717, 1.165) is 30.3 Å². The van der Waals surface area contributed by atoms with Gasteiger partial charge in [0.15, 0.2) is 8.68 Å². The summed E-state index contributed by atoms with van der Waals surface area (Å²) in [6.07, 6.45) is -3.81. The van der Waals surface area contributed by atoms with Gasteiger partial charge in [-0.3, -0.25) is 9.59 Å². The van der Waals surface area contributed by atoms with Crippen molar-refractivity contribution < 1.29 is 22.8 Å². The van der Waals surface area contributed by atoms with Crippen LogP contribution < -0.4 is 10.6 Å². The summed E-state index contributed by atoms with van der Waals surface area (Å²) in [4.78, 5) is 24.0. The van der Waals surface area contributed by atoms with Crippen LogP contribution >= 0.6 is 46.5 Å². The molecule has 0 spiro atoms.